The second kappa shape index (κ2) is 14.4. The fourth-order valence-corrected chi connectivity index (χ4v) is 7.99. The van der Waals surface area contributed by atoms with Gasteiger partial charge in [0.15, 0.2) is 5.11 Å². The zero-order valence-corrected chi connectivity index (χ0v) is 28.6. The lowest BCUT2D eigenvalue weighted by atomic mass is 10.0. The number of carboxylic acids is 1. The topological polar surface area (TPSA) is 155 Å². The zero-order chi connectivity index (χ0) is 34.0. The van der Waals surface area contributed by atoms with E-state index in [-0.39, 0.29) is 30.8 Å². The normalized spacial score (nSPS) is 29.6. The summed E-state index contributed by atoms with van der Waals surface area (Å²) in [6, 6.07) is 9.82. The number of fused-ring (bicyclic) bond motifs is 3. The van der Waals surface area contributed by atoms with E-state index in [9.17, 15) is 19.5 Å². The number of carboxylic acid groups (broad SMARTS) is 1. The fraction of sp³-hybridized carbons (Fsp3) is 0.486. The first-order valence-electron chi connectivity index (χ1n) is 17.0. The molecule has 4 aliphatic rings. The Balaban J connectivity index is 1.19. The Hall–Kier alpha value is -4.14. The van der Waals surface area contributed by atoms with Crippen LogP contribution in [0.5, 0.6) is 5.88 Å². The summed E-state index contributed by atoms with van der Waals surface area (Å²) >= 11 is 7.15. The molecule has 1 aromatic carbocycles. The smallest absolute Gasteiger partial charge is 0.330 e. The van der Waals surface area contributed by atoms with Crippen LogP contribution in [0.4, 0.5) is 0 Å². The van der Waals surface area contributed by atoms with Crippen molar-refractivity contribution in [1.82, 2.24) is 30.8 Å². The van der Waals surface area contributed by atoms with Gasteiger partial charge in [-0.15, -0.1) is 11.3 Å². The van der Waals surface area contributed by atoms with Crippen molar-refractivity contribution >= 4 is 57.5 Å². The molecule has 14 heteroatoms. The van der Waals surface area contributed by atoms with Crippen LogP contribution in [0.15, 0.2) is 53.9 Å². The summed E-state index contributed by atoms with van der Waals surface area (Å²) in [5, 5.41) is 21.9. The van der Waals surface area contributed by atoms with Gasteiger partial charge in [0, 0.05) is 18.9 Å². The summed E-state index contributed by atoms with van der Waals surface area (Å²) in [4.78, 5) is 53.1. The molecule has 2 saturated heterocycles. The monoisotopic (exact) mass is 704 g/mol. The van der Waals surface area contributed by atoms with E-state index in [1.165, 1.54) is 16.2 Å². The Morgan fingerprint density at radius 1 is 1.10 bits per heavy atom. The minimum absolute atomic E-state index is 0.0616. The number of hydrogen-bond donors (Lipinski definition) is 4. The van der Waals surface area contributed by atoms with E-state index in [1.807, 2.05) is 53.9 Å². The molecule has 1 saturated carbocycles. The van der Waals surface area contributed by atoms with Crippen molar-refractivity contribution in [3.8, 4) is 16.5 Å². The summed E-state index contributed by atoms with van der Waals surface area (Å²) in [6.07, 6.45) is 8.46. The molecule has 12 nitrogen and oxygen atoms in total. The number of thiocarbonyl (C=S) groups is 1. The highest BCUT2D eigenvalue weighted by Gasteiger charge is 2.61. The van der Waals surface area contributed by atoms with Gasteiger partial charge in [-0.1, -0.05) is 43.2 Å². The molecule has 3 fully saturated rings. The van der Waals surface area contributed by atoms with Crippen LogP contribution in [0, 0.1) is 5.92 Å². The second-order valence-corrected chi connectivity index (χ2v) is 14.6. The molecule has 3 unspecified atom stereocenters. The van der Waals surface area contributed by atoms with Crippen molar-refractivity contribution < 1.29 is 29.0 Å². The van der Waals surface area contributed by atoms with Gasteiger partial charge < -0.3 is 35.4 Å². The van der Waals surface area contributed by atoms with Gasteiger partial charge in [-0.05, 0) is 67.9 Å². The van der Waals surface area contributed by atoms with Crippen molar-refractivity contribution in [2.45, 2.75) is 81.1 Å². The van der Waals surface area contributed by atoms with Crippen LogP contribution in [0.25, 0.3) is 21.6 Å². The minimum Gasteiger partial charge on any atom is -0.479 e. The SMILES string of the molecule is O=C1NC2(C(=O)O)CC2/C=C\CCCCC[C@H](NC(=S)N[C@H]2CCOC2)C(=O)N2C[C@H](Oc3nc4ccccc4nc3-c3cccs3)CC12. The Bertz CT molecular complexity index is 1750. The van der Waals surface area contributed by atoms with Crippen LogP contribution in [0.2, 0.25) is 0 Å². The molecular formula is C35H40N6O6S2. The third-order valence-electron chi connectivity index (χ3n) is 9.76. The molecule has 6 atom stereocenters. The van der Waals surface area contributed by atoms with E-state index in [0.717, 1.165) is 42.5 Å². The molecule has 0 bridgehead atoms. The average Bonchev–Trinajstić information content (AvgIpc) is 3.58. The van der Waals surface area contributed by atoms with E-state index in [0.29, 0.717) is 48.3 Å². The lowest BCUT2D eigenvalue weighted by Crippen LogP contribution is -2.57. The molecular weight excluding hydrogens is 665 g/mol. The number of ether oxygens (including phenoxy) is 2. The summed E-state index contributed by atoms with van der Waals surface area (Å²) in [7, 11) is 0. The van der Waals surface area contributed by atoms with Gasteiger partial charge in [-0.25, -0.2) is 14.8 Å². The lowest BCUT2D eigenvalue weighted by Gasteiger charge is -2.30. The van der Waals surface area contributed by atoms with Crippen molar-refractivity contribution in [1.29, 1.82) is 0 Å². The Labute approximate surface area is 293 Å². The molecule has 0 spiro atoms. The Morgan fingerprint density at radius 3 is 2.69 bits per heavy atom. The van der Waals surface area contributed by atoms with Crippen LogP contribution in [-0.2, 0) is 19.1 Å². The maximum absolute atomic E-state index is 14.5. The standard InChI is InChI=1S/C35H40N6O6S2/c42-30-27-17-23(47-31-29(28-13-8-16-49-28)37-24-10-6-7-11-25(24)38-31)19-41(27)32(43)26(39-34(48)36-22-14-15-46-20-22)12-5-3-1-2-4-9-21-18-35(21,40-30)33(44)45/h4,6-11,13,16,21-23,26-27H,1-3,5,12,14-15,17-20H2,(H,40,42)(H,44,45)(H2,36,39,48)/b9-4-/t21?,22-,23+,26-,27?,35?/m0/s1. The number of rotatable bonds is 6. The molecule has 2 amide bonds. The molecule has 0 radical (unpaired) electrons. The molecule has 2 aromatic heterocycles. The minimum atomic E-state index is -1.40. The maximum Gasteiger partial charge on any atom is 0.330 e. The predicted octanol–water partition coefficient (Wildman–Crippen LogP) is 3.81. The van der Waals surface area contributed by atoms with Gasteiger partial charge >= 0.3 is 5.97 Å². The first kappa shape index (κ1) is 33.4. The molecule has 3 aliphatic heterocycles. The Kier molecular flexibility index (Phi) is 9.79. The molecule has 49 heavy (non-hydrogen) atoms. The van der Waals surface area contributed by atoms with Gasteiger partial charge in [0.05, 0.1) is 35.1 Å². The second-order valence-electron chi connectivity index (χ2n) is 13.2. The highest BCUT2D eigenvalue weighted by molar-refractivity contribution is 7.80. The van der Waals surface area contributed by atoms with E-state index < -0.39 is 35.6 Å². The lowest BCUT2D eigenvalue weighted by molar-refractivity contribution is -0.145. The number of hydrogen-bond acceptors (Lipinski definition) is 9. The number of allylic oxidation sites excluding steroid dienone is 1. The third kappa shape index (κ3) is 7.26. The molecule has 1 aliphatic carbocycles. The van der Waals surface area contributed by atoms with E-state index in [4.69, 9.17) is 31.7 Å². The molecule has 3 aromatic rings. The van der Waals surface area contributed by atoms with Crippen molar-refractivity contribution in [3.63, 3.8) is 0 Å². The third-order valence-corrected chi connectivity index (χ3v) is 10.9. The number of nitrogens with zero attached hydrogens (tertiary/aromatic N) is 3. The zero-order valence-electron chi connectivity index (χ0n) is 27.0. The summed E-state index contributed by atoms with van der Waals surface area (Å²) < 4.78 is 12.0. The summed E-state index contributed by atoms with van der Waals surface area (Å²) in [5.74, 6) is -1.88. The quantitative estimate of drug-likeness (QED) is 0.219. The number of aromatic nitrogens is 2. The molecule has 258 valence electrons. The van der Waals surface area contributed by atoms with Crippen molar-refractivity contribution in [3.05, 3.63) is 53.9 Å². The largest absolute Gasteiger partial charge is 0.479 e. The predicted molar refractivity (Wildman–Crippen MR) is 188 cm³/mol. The number of thiophene rings is 1. The Morgan fingerprint density at radius 2 is 1.94 bits per heavy atom. The van der Waals surface area contributed by atoms with Gasteiger partial charge in [0.2, 0.25) is 17.7 Å². The summed E-state index contributed by atoms with van der Waals surface area (Å²) in [5.41, 5.74) is 0.567. The number of carbonyl (C=O) groups is 3. The van der Waals surface area contributed by atoms with Crippen LogP contribution in [-0.4, -0.2) is 92.4 Å². The van der Waals surface area contributed by atoms with Gasteiger partial charge in [0.25, 0.3) is 0 Å². The first-order valence-corrected chi connectivity index (χ1v) is 18.2. The number of amides is 2. The molecule has 5 heterocycles. The first-order chi connectivity index (χ1) is 23.8. The van der Waals surface area contributed by atoms with Gasteiger partial charge in [-0.3, -0.25) is 9.59 Å². The number of aliphatic carboxylic acids is 1. The van der Waals surface area contributed by atoms with Crippen molar-refractivity contribution in [2.24, 2.45) is 5.92 Å². The van der Waals surface area contributed by atoms with Crippen LogP contribution < -0.4 is 20.7 Å². The van der Waals surface area contributed by atoms with Crippen molar-refractivity contribution in [2.75, 3.05) is 19.8 Å². The van der Waals surface area contributed by atoms with E-state index in [1.54, 1.807) is 0 Å². The van der Waals surface area contributed by atoms with Crippen LogP contribution >= 0.6 is 23.6 Å². The number of carbonyl (C=O) groups excluding carboxylic acids is 2. The number of benzene rings is 1. The van der Waals surface area contributed by atoms with E-state index in [2.05, 4.69) is 16.0 Å². The molecule has 4 N–H and O–H groups in total. The van der Waals surface area contributed by atoms with Gasteiger partial charge in [0.1, 0.15) is 29.4 Å². The maximum atomic E-state index is 14.5. The van der Waals surface area contributed by atoms with E-state index >= 15 is 0 Å². The van der Waals surface area contributed by atoms with Crippen LogP contribution in [0.1, 0.15) is 51.4 Å². The fourth-order valence-electron chi connectivity index (χ4n) is 6.98. The summed E-state index contributed by atoms with van der Waals surface area (Å²) in [6.45, 7) is 1.30. The molecule has 7 rings (SSSR count). The average molecular weight is 705 g/mol. The number of para-hydroxylation sites is 2. The highest BCUT2D eigenvalue weighted by atomic mass is 32.1. The highest BCUT2D eigenvalue weighted by Crippen LogP contribution is 2.45. The number of nitrogens with one attached hydrogen (secondary N) is 3. The van der Waals surface area contributed by atoms with Gasteiger partial charge in [-0.2, -0.15) is 0 Å². The van der Waals surface area contributed by atoms with Crippen LogP contribution in [0.3, 0.4) is 0 Å².